The highest BCUT2D eigenvalue weighted by Gasteiger charge is 2.31. The Hall–Kier alpha value is -2.96. The normalized spacial score (nSPS) is 16.3. The van der Waals surface area contributed by atoms with Gasteiger partial charge in [-0.2, -0.15) is 5.10 Å². The Bertz CT molecular complexity index is 898. The predicted octanol–water partition coefficient (Wildman–Crippen LogP) is 2.87. The highest BCUT2D eigenvalue weighted by molar-refractivity contribution is 5.94. The van der Waals surface area contributed by atoms with Crippen molar-refractivity contribution in [1.82, 2.24) is 24.7 Å². The molecule has 7 heteroatoms. The summed E-state index contributed by atoms with van der Waals surface area (Å²) in [6.45, 7) is 2.74. The zero-order valence-electron chi connectivity index (χ0n) is 14.8. The van der Waals surface area contributed by atoms with Gasteiger partial charge in [0.15, 0.2) is 0 Å². The Morgan fingerprint density at radius 1 is 1.31 bits per heavy atom. The Morgan fingerprint density at radius 3 is 3.04 bits per heavy atom. The summed E-state index contributed by atoms with van der Waals surface area (Å²) in [4.78, 5) is 24.3. The molecular weight excluding hydrogens is 328 g/mol. The number of carbonyl (C=O) groups is 1. The number of hydrogen-bond acceptors (Lipinski definition) is 4. The van der Waals surface area contributed by atoms with E-state index in [0.717, 1.165) is 47.7 Å². The van der Waals surface area contributed by atoms with Gasteiger partial charge in [-0.15, -0.1) is 0 Å². The molecule has 1 aliphatic rings. The van der Waals surface area contributed by atoms with Crippen LogP contribution in [0.3, 0.4) is 0 Å². The Balaban J connectivity index is 1.62. The fourth-order valence-electron chi connectivity index (χ4n) is 3.36. The molecular formula is C19H22N6O. The van der Waals surface area contributed by atoms with E-state index in [0.29, 0.717) is 13.0 Å². The highest BCUT2D eigenvalue weighted by Crippen LogP contribution is 2.36. The number of amides is 1. The first-order valence-corrected chi connectivity index (χ1v) is 9.03. The van der Waals surface area contributed by atoms with Gasteiger partial charge in [0.25, 0.3) is 0 Å². The average molecular weight is 350 g/mol. The van der Waals surface area contributed by atoms with E-state index in [-0.39, 0.29) is 11.8 Å². The summed E-state index contributed by atoms with van der Waals surface area (Å²) < 4.78 is 1.82. The monoisotopic (exact) mass is 350 g/mol. The number of anilines is 1. The Labute approximate surface area is 151 Å². The van der Waals surface area contributed by atoms with Crippen LogP contribution < -0.4 is 5.32 Å². The predicted molar refractivity (Wildman–Crippen MR) is 97.9 cm³/mol. The fraction of sp³-hybridized carbons (Fsp3) is 0.368. The van der Waals surface area contributed by atoms with Crippen LogP contribution in [0.1, 0.15) is 54.7 Å². The smallest absolute Gasteiger partial charge is 0.226 e. The number of aryl methyl sites for hydroxylation is 1. The number of carbonyl (C=O) groups excluding carboxylic acids is 1. The van der Waals surface area contributed by atoms with E-state index in [9.17, 15) is 4.79 Å². The summed E-state index contributed by atoms with van der Waals surface area (Å²) >= 11 is 0. The molecule has 0 spiro atoms. The first kappa shape index (κ1) is 16.5. The molecule has 0 saturated heterocycles. The molecule has 1 aliphatic heterocycles. The zero-order valence-corrected chi connectivity index (χ0v) is 14.8. The molecule has 3 aromatic rings. The van der Waals surface area contributed by atoms with Crippen molar-refractivity contribution in [1.29, 1.82) is 0 Å². The molecule has 7 nitrogen and oxygen atoms in total. The second kappa shape index (κ2) is 7.11. The minimum atomic E-state index is -0.0377. The van der Waals surface area contributed by atoms with Crippen molar-refractivity contribution < 1.29 is 4.79 Å². The van der Waals surface area contributed by atoms with Gasteiger partial charge in [-0.25, -0.2) is 9.67 Å². The molecule has 1 amide bonds. The largest absolute Gasteiger partial charge is 0.345 e. The summed E-state index contributed by atoms with van der Waals surface area (Å²) in [6, 6.07) is 3.90. The molecule has 1 unspecified atom stereocenters. The van der Waals surface area contributed by atoms with Crippen molar-refractivity contribution in [2.24, 2.45) is 0 Å². The van der Waals surface area contributed by atoms with Crippen molar-refractivity contribution in [3.05, 3.63) is 59.6 Å². The van der Waals surface area contributed by atoms with Crippen LogP contribution in [-0.2, 0) is 17.8 Å². The number of aromatic amines is 1. The number of pyridine rings is 1. The van der Waals surface area contributed by atoms with Crippen molar-refractivity contribution in [2.45, 2.75) is 45.1 Å². The van der Waals surface area contributed by atoms with E-state index in [2.05, 4.69) is 32.3 Å². The summed E-state index contributed by atoms with van der Waals surface area (Å²) in [5.74, 6) is 1.71. The van der Waals surface area contributed by atoms with Gasteiger partial charge >= 0.3 is 0 Å². The molecule has 134 valence electrons. The van der Waals surface area contributed by atoms with E-state index < -0.39 is 0 Å². The molecule has 3 aromatic heterocycles. The van der Waals surface area contributed by atoms with Crippen LogP contribution in [0.15, 0.2) is 36.9 Å². The number of nitrogens with zero attached hydrogens (tertiary/aromatic N) is 4. The van der Waals surface area contributed by atoms with Crippen molar-refractivity contribution in [3.63, 3.8) is 0 Å². The van der Waals surface area contributed by atoms with Gasteiger partial charge in [-0.3, -0.25) is 9.78 Å². The maximum absolute atomic E-state index is 12.3. The van der Waals surface area contributed by atoms with Crippen LogP contribution in [0.5, 0.6) is 0 Å². The number of hydrogen-bond donors (Lipinski definition) is 2. The Morgan fingerprint density at radius 2 is 2.23 bits per heavy atom. The maximum atomic E-state index is 12.3. The van der Waals surface area contributed by atoms with Gasteiger partial charge in [-0.1, -0.05) is 19.4 Å². The first-order valence-electron chi connectivity index (χ1n) is 9.03. The number of rotatable bonds is 6. The van der Waals surface area contributed by atoms with E-state index in [4.69, 9.17) is 0 Å². The number of H-pyrrole nitrogens is 1. The molecule has 0 saturated carbocycles. The molecule has 0 bridgehead atoms. The van der Waals surface area contributed by atoms with Crippen LogP contribution >= 0.6 is 0 Å². The number of aromatic nitrogens is 5. The fourth-order valence-corrected chi connectivity index (χ4v) is 3.36. The lowest BCUT2D eigenvalue weighted by atomic mass is 9.91. The molecule has 2 N–H and O–H groups in total. The minimum Gasteiger partial charge on any atom is -0.345 e. The SMILES string of the molecule is CCCCc1ncc(C2CC(=O)Nc3c2cnn3Cc2cccnc2)[nH]1. The maximum Gasteiger partial charge on any atom is 0.226 e. The highest BCUT2D eigenvalue weighted by atomic mass is 16.1. The van der Waals surface area contributed by atoms with Crippen LogP contribution in [0, 0.1) is 0 Å². The lowest BCUT2D eigenvalue weighted by Gasteiger charge is -2.22. The average Bonchev–Trinajstić information content (AvgIpc) is 3.28. The molecule has 0 radical (unpaired) electrons. The van der Waals surface area contributed by atoms with Gasteiger partial charge < -0.3 is 10.3 Å². The quantitative estimate of drug-likeness (QED) is 0.715. The van der Waals surface area contributed by atoms with E-state index in [1.54, 1.807) is 6.20 Å². The molecule has 0 fully saturated rings. The number of nitrogens with one attached hydrogen (secondary N) is 2. The second-order valence-corrected chi connectivity index (χ2v) is 6.66. The minimum absolute atomic E-state index is 0.000134. The number of unbranched alkanes of at least 4 members (excludes halogenated alkanes) is 1. The number of fused-ring (bicyclic) bond motifs is 1. The second-order valence-electron chi connectivity index (χ2n) is 6.66. The summed E-state index contributed by atoms with van der Waals surface area (Å²) in [5.41, 5.74) is 3.05. The van der Waals surface area contributed by atoms with E-state index in [1.807, 2.05) is 35.4 Å². The molecule has 1 atom stereocenters. The van der Waals surface area contributed by atoms with Gasteiger partial charge in [0.05, 0.1) is 12.7 Å². The number of imidazole rings is 1. The van der Waals surface area contributed by atoms with Crippen LogP contribution in [0.4, 0.5) is 5.82 Å². The van der Waals surface area contributed by atoms with Crippen LogP contribution in [0.2, 0.25) is 0 Å². The first-order chi connectivity index (χ1) is 12.7. The summed E-state index contributed by atoms with van der Waals surface area (Å²) in [7, 11) is 0. The standard InChI is InChI=1S/C19H22N6O/c1-2-3-6-17-21-11-16(23-17)14-8-18(26)24-19-15(14)10-22-25(19)12-13-5-4-7-20-9-13/h4-5,7,9-11,14H,2-3,6,8,12H2,1H3,(H,21,23)(H,24,26). The van der Waals surface area contributed by atoms with Gasteiger partial charge in [-0.05, 0) is 18.1 Å². The molecule has 26 heavy (non-hydrogen) atoms. The lowest BCUT2D eigenvalue weighted by Crippen LogP contribution is -2.25. The zero-order chi connectivity index (χ0) is 17.9. The molecule has 0 aliphatic carbocycles. The van der Waals surface area contributed by atoms with Crippen LogP contribution in [-0.4, -0.2) is 30.6 Å². The van der Waals surface area contributed by atoms with E-state index in [1.165, 1.54) is 0 Å². The van der Waals surface area contributed by atoms with Crippen LogP contribution in [0.25, 0.3) is 0 Å². The Kier molecular flexibility index (Phi) is 4.51. The van der Waals surface area contributed by atoms with Gasteiger partial charge in [0, 0.05) is 48.6 Å². The molecule has 4 rings (SSSR count). The summed E-state index contributed by atoms with van der Waals surface area (Å²) in [6.07, 6.45) is 10.8. The third-order valence-electron chi connectivity index (χ3n) is 4.74. The lowest BCUT2D eigenvalue weighted by molar-refractivity contribution is -0.116. The van der Waals surface area contributed by atoms with Gasteiger partial charge in [0.1, 0.15) is 11.6 Å². The van der Waals surface area contributed by atoms with Crippen molar-refractivity contribution in [2.75, 3.05) is 5.32 Å². The summed E-state index contributed by atoms with van der Waals surface area (Å²) in [5, 5.41) is 7.48. The third-order valence-corrected chi connectivity index (χ3v) is 4.74. The van der Waals surface area contributed by atoms with E-state index >= 15 is 0 Å². The molecule has 4 heterocycles. The van der Waals surface area contributed by atoms with Gasteiger partial charge in [0.2, 0.25) is 5.91 Å². The van der Waals surface area contributed by atoms with Crippen molar-refractivity contribution >= 4 is 11.7 Å². The van der Waals surface area contributed by atoms with Crippen molar-refractivity contribution in [3.8, 4) is 0 Å². The third kappa shape index (κ3) is 3.24. The molecule has 0 aromatic carbocycles. The topological polar surface area (TPSA) is 88.5 Å².